The fourth-order valence-electron chi connectivity index (χ4n) is 3.05. The van der Waals surface area contributed by atoms with E-state index in [9.17, 15) is 4.79 Å². The van der Waals surface area contributed by atoms with Gasteiger partial charge < -0.3 is 10.6 Å². The van der Waals surface area contributed by atoms with Crippen LogP contribution >= 0.6 is 28.3 Å². The van der Waals surface area contributed by atoms with Gasteiger partial charge in [0.15, 0.2) is 0 Å². The third-order valence-electron chi connectivity index (χ3n) is 4.38. The summed E-state index contributed by atoms with van der Waals surface area (Å²) in [4.78, 5) is 16.6. The van der Waals surface area contributed by atoms with Gasteiger partial charge in [-0.15, -0.1) is 12.4 Å². The third-order valence-corrected chi connectivity index (χ3v) is 5.15. The zero-order valence-corrected chi connectivity index (χ0v) is 16.1. The summed E-state index contributed by atoms with van der Waals surface area (Å²) in [7, 11) is 1.88. The number of carbonyl (C=O) groups excluding carboxylic acids is 1. The van der Waals surface area contributed by atoms with Crippen molar-refractivity contribution in [3.8, 4) is 0 Å². The number of halogens is 2. The SMILES string of the molecule is CN(Cc1ccccc1Br)C(=O)CN1CCCCC1CCN.Cl. The number of piperidine rings is 1. The van der Waals surface area contributed by atoms with E-state index in [1.165, 1.54) is 19.3 Å². The van der Waals surface area contributed by atoms with Crippen molar-refractivity contribution in [1.29, 1.82) is 0 Å². The van der Waals surface area contributed by atoms with Crippen molar-refractivity contribution in [1.82, 2.24) is 9.80 Å². The smallest absolute Gasteiger partial charge is 0.236 e. The first-order valence-corrected chi connectivity index (χ1v) is 8.82. The highest BCUT2D eigenvalue weighted by molar-refractivity contribution is 9.10. The quantitative estimate of drug-likeness (QED) is 0.793. The highest BCUT2D eigenvalue weighted by atomic mass is 79.9. The van der Waals surface area contributed by atoms with E-state index in [0.29, 0.717) is 25.7 Å². The molecule has 1 aliphatic rings. The lowest BCUT2D eigenvalue weighted by Gasteiger charge is -2.36. The molecule has 1 atom stereocenters. The van der Waals surface area contributed by atoms with Crippen LogP contribution < -0.4 is 5.73 Å². The second-order valence-corrected chi connectivity index (χ2v) is 6.89. The first-order chi connectivity index (χ1) is 10.6. The molecule has 2 N–H and O–H groups in total. The number of rotatable bonds is 6. The Morgan fingerprint density at radius 1 is 1.39 bits per heavy atom. The van der Waals surface area contributed by atoms with Crippen molar-refractivity contribution >= 4 is 34.2 Å². The predicted octanol–water partition coefficient (Wildman–Crippen LogP) is 3.03. The average molecular weight is 405 g/mol. The molecule has 1 aliphatic heterocycles. The molecule has 0 bridgehead atoms. The van der Waals surface area contributed by atoms with Crippen LogP contribution in [0.3, 0.4) is 0 Å². The fraction of sp³-hybridized carbons (Fsp3) is 0.588. The van der Waals surface area contributed by atoms with Gasteiger partial charge in [0.2, 0.25) is 5.91 Å². The van der Waals surface area contributed by atoms with Crippen molar-refractivity contribution in [3.05, 3.63) is 34.3 Å². The van der Waals surface area contributed by atoms with Crippen molar-refractivity contribution < 1.29 is 4.79 Å². The highest BCUT2D eigenvalue weighted by Gasteiger charge is 2.24. The Balaban J connectivity index is 0.00000264. The van der Waals surface area contributed by atoms with Crippen molar-refractivity contribution in [3.63, 3.8) is 0 Å². The van der Waals surface area contributed by atoms with E-state index in [-0.39, 0.29) is 18.3 Å². The lowest BCUT2D eigenvalue weighted by atomic mass is 9.99. The van der Waals surface area contributed by atoms with Crippen molar-refractivity contribution in [2.45, 2.75) is 38.3 Å². The summed E-state index contributed by atoms with van der Waals surface area (Å²) in [6, 6.07) is 8.52. The first kappa shape index (κ1) is 20.4. The minimum absolute atomic E-state index is 0. The number of nitrogens with zero attached hydrogens (tertiary/aromatic N) is 2. The Morgan fingerprint density at radius 3 is 2.83 bits per heavy atom. The molecule has 0 aliphatic carbocycles. The Bertz CT molecular complexity index is 498. The summed E-state index contributed by atoms with van der Waals surface area (Å²) in [5, 5.41) is 0. The molecule has 1 aromatic rings. The van der Waals surface area contributed by atoms with Gasteiger partial charge in [0, 0.05) is 24.1 Å². The average Bonchev–Trinajstić information content (AvgIpc) is 2.51. The molecule has 1 saturated heterocycles. The molecule has 130 valence electrons. The molecular weight excluding hydrogens is 378 g/mol. The van der Waals surface area contributed by atoms with Crippen molar-refractivity contribution in [2.75, 3.05) is 26.7 Å². The van der Waals surface area contributed by atoms with Crippen LogP contribution in [0.15, 0.2) is 28.7 Å². The van der Waals surface area contributed by atoms with E-state index in [0.717, 1.165) is 23.0 Å². The minimum atomic E-state index is 0. The number of hydrogen-bond donors (Lipinski definition) is 1. The van der Waals surface area contributed by atoms with Crippen LogP contribution in [0.5, 0.6) is 0 Å². The molecule has 1 aromatic carbocycles. The number of benzene rings is 1. The second-order valence-electron chi connectivity index (χ2n) is 6.04. The highest BCUT2D eigenvalue weighted by Crippen LogP contribution is 2.20. The first-order valence-electron chi connectivity index (χ1n) is 8.03. The summed E-state index contributed by atoms with van der Waals surface area (Å²) in [6.07, 6.45) is 4.59. The molecule has 0 radical (unpaired) electrons. The van der Waals surface area contributed by atoms with Gasteiger partial charge in [0.1, 0.15) is 0 Å². The van der Waals surface area contributed by atoms with Gasteiger partial charge in [0.25, 0.3) is 0 Å². The third kappa shape index (κ3) is 6.07. The summed E-state index contributed by atoms with van der Waals surface area (Å²) >= 11 is 3.54. The maximum absolute atomic E-state index is 12.5. The van der Waals surface area contributed by atoms with E-state index in [1.807, 2.05) is 36.2 Å². The predicted molar refractivity (Wildman–Crippen MR) is 101 cm³/mol. The molecule has 1 unspecified atom stereocenters. The lowest BCUT2D eigenvalue weighted by molar-refractivity contribution is -0.132. The van der Waals surface area contributed by atoms with Crippen molar-refractivity contribution in [2.24, 2.45) is 5.73 Å². The van der Waals surface area contributed by atoms with Crippen LogP contribution in [0.4, 0.5) is 0 Å². The molecule has 0 aromatic heterocycles. The van der Waals surface area contributed by atoms with E-state index in [1.54, 1.807) is 0 Å². The fourth-order valence-corrected chi connectivity index (χ4v) is 3.46. The zero-order valence-electron chi connectivity index (χ0n) is 13.7. The van der Waals surface area contributed by atoms with Gasteiger partial charge in [-0.3, -0.25) is 9.69 Å². The Hall–Kier alpha value is -0.620. The number of likely N-dealkylation sites (tertiary alicyclic amines) is 1. The molecule has 4 nitrogen and oxygen atoms in total. The standard InChI is InChI=1S/C17H26BrN3O.ClH/c1-20(12-14-6-2-3-8-16(14)18)17(22)13-21-11-5-4-7-15(21)9-10-19;/h2-3,6,8,15H,4-5,7,9-13,19H2,1H3;1H. The van der Waals surface area contributed by atoms with Gasteiger partial charge in [0.05, 0.1) is 6.54 Å². The van der Waals surface area contributed by atoms with Gasteiger partial charge in [-0.2, -0.15) is 0 Å². The minimum Gasteiger partial charge on any atom is -0.340 e. The summed E-state index contributed by atoms with van der Waals surface area (Å²) in [6.45, 7) is 2.85. The van der Waals surface area contributed by atoms with Crippen LogP contribution in [-0.4, -0.2) is 48.4 Å². The molecule has 2 rings (SSSR count). The molecule has 23 heavy (non-hydrogen) atoms. The van der Waals surface area contributed by atoms with Gasteiger partial charge in [-0.25, -0.2) is 0 Å². The molecular formula is C17H27BrClN3O. The van der Waals surface area contributed by atoms with Crippen LogP contribution in [0.2, 0.25) is 0 Å². The molecule has 6 heteroatoms. The maximum atomic E-state index is 12.5. The zero-order chi connectivity index (χ0) is 15.9. The number of nitrogens with two attached hydrogens (primary N) is 1. The van der Waals surface area contributed by atoms with E-state index < -0.39 is 0 Å². The van der Waals surface area contributed by atoms with Crippen LogP contribution in [0.1, 0.15) is 31.2 Å². The van der Waals surface area contributed by atoms with Crippen LogP contribution in [0.25, 0.3) is 0 Å². The lowest BCUT2D eigenvalue weighted by Crippen LogP contribution is -2.46. The van der Waals surface area contributed by atoms with Gasteiger partial charge in [-0.05, 0) is 44.0 Å². The number of amides is 1. The molecule has 0 saturated carbocycles. The molecule has 0 spiro atoms. The normalized spacial score (nSPS) is 18.3. The maximum Gasteiger partial charge on any atom is 0.236 e. The number of hydrogen-bond acceptors (Lipinski definition) is 3. The molecule has 1 heterocycles. The molecule has 1 fully saturated rings. The number of likely N-dealkylation sites (N-methyl/N-ethyl adjacent to an activating group) is 1. The summed E-state index contributed by atoms with van der Waals surface area (Å²) in [5.41, 5.74) is 6.84. The van der Waals surface area contributed by atoms with Crippen LogP contribution in [-0.2, 0) is 11.3 Å². The summed E-state index contributed by atoms with van der Waals surface area (Å²) in [5.74, 6) is 0.180. The number of carbonyl (C=O) groups is 1. The summed E-state index contributed by atoms with van der Waals surface area (Å²) < 4.78 is 1.05. The van der Waals surface area contributed by atoms with E-state index in [2.05, 4.69) is 20.8 Å². The Kier molecular flexibility index (Phi) is 9.14. The Labute approximate surface area is 153 Å². The topological polar surface area (TPSA) is 49.6 Å². The van der Waals surface area contributed by atoms with Crippen LogP contribution in [0, 0.1) is 0 Å². The monoisotopic (exact) mass is 403 g/mol. The largest absolute Gasteiger partial charge is 0.340 e. The molecule has 1 amide bonds. The second kappa shape index (κ2) is 10.3. The van der Waals surface area contributed by atoms with E-state index >= 15 is 0 Å². The Morgan fingerprint density at radius 2 is 2.13 bits per heavy atom. The van der Waals surface area contributed by atoms with E-state index in [4.69, 9.17) is 5.73 Å². The van der Waals surface area contributed by atoms with Gasteiger partial charge >= 0.3 is 0 Å². The van der Waals surface area contributed by atoms with Gasteiger partial charge in [-0.1, -0.05) is 40.5 Å².